The second kappa shape index (κ2) is 7.78. The first kappa shape index (κ1) is 17.2. The van der Waals surface area contributed by atoms with Crippen LogP contribution in [0.5, 0.6) is 0 Å². The third-order valence-corrected chi connectivity index (χ3v) is 3.70. The third kappa shape index (κ3) is 6.05. The summed E-state index contributed by atoms with van der Waals surface area (Å²) < 4.78 is 36.6. The summed E-state index contributed by atoms with van der Waals surface area (Å²) in [6.07, 6.45) is 1.81. The van der Waals surface area contributed by atoms with E-state index in [9.17, 15) is 18.0 Å². The minimum Gasteiger partial charge on any atom is -0.481 e. The normalized spacial score (nSPS) is 13.2. The van der Waals surface area contributed by atoms with Gasteiger partial charge in [0.1, 0.15) is 0 Å². The number of benzene rings is 1. The van der Waals surface area contributed by atoms with Crippen molar-refractivity contribution in [1.82, 2.24) is 0 Å². The minimum absolute atomic E-state index is 0.0474. The smallest absolute Gasteiger partial charge is 0.446 e. The summed E-state index contributed by atoms with van der Waals surface area (Å²) in [6.45, 7) is 0. The van der Waals surface area contributed by atoms with E-state index in [1.807, 2.05) is 0 Å². The Morgan fingerprint density at radius 3 is 2.30 bits per heavy atom. The van der Waals surface area contributed by atoms with E-state index in [1.54, 1.807) is 0 Å². The van der Waals surface area contributed by atoms with Crippen LogP contribution in [0.25, 0.3) is 0 Å². The molecule has 0 aromatic heterocycles. The maximum Gasteiger partial charge on any atom is 0.446 e. The van der Waals surface area contributed by atoms with Crippen LogP contribution in [0.2, 0.25) is 0 Å². The van der Waals surface area contributed by atoms with E-state index in [1.165, 1.54) is 24.3 Å². The zero-order valence-corrected chi connectivity index (χ0v) is 12.1. The Hall–Kier alpha value is -0.880. The largest absolute Gasteiger partial charge is 0.481 e. The number of aliphatic carboxylic acids is 1. The molecule has 1 rings (SSSR count). The van der Waals surface area contributed by atoms with Crippen LogP contribution >= 0.6 is 23.4 Å². The predicted molar refractivity (Wildman–Crippen MR) is 73.3 cm³/mol. The van der Waals surface area contributed by atoms with Crippen LogP contribution in [0.4, 0.5) is 13.2 Å². The van der Waals surface area contributed by atoms with Crippen LogP contribution in [0.1, 0.15) is 30.7 Å². The molecule has 0 bridgehead atoms. The fourth-order valence-electron chi connectivity index (χ4n) is 1.78. The molecule has 1 atom stereocenters. The SMILES string of the molecule is O=C(O)C(CCCCCl)c1ccc(SC(F)(F)F)cc1. The molecule has 7 heteroatoms. The van der Waals surface area contributed by atoms with Gasteiger partial charge in [-0.2, -0.15) is 13.2 Å². The second-order valence-corrected chi connectivity index (χ2v) is 5.71. The highest BCUT2D eigenvalue weighted by atomic mass is 35.5. The number of carboxylic acids is 1. The van der Waals surface area contributed by atoms with Gasteiger partial charge in [-0.3, -0.25) is 4.79 Å². The van der Waals surface area contributed by atoms with Gasteiger partial charge in [0, 0.05) is 10.8 Å². The molecule has 1 unspecified atom stereocenters. The van der Waals surface area contributed by atoms with Gasteiger partial charge in [-0.1, -0.05) is 18.6 Å². The summed E-state index contributed by atoms with van der Waals surface area (Å²) in [4.78, 5) is 11.2. The highest BCUT2D eigenvalue weighted by Gasteiger charge is 2.29. The zero-order valence-electron chi connectivity index (χ0n) is 10.5. The van der Waals surface area contributed by atoms with Crippen LogP contribution < -0.4 is 0 Å². The van der Waals surface area contributed by atoms with Crippen LogP contribution in [0.3, 0.4) is 0 Å². The van der Waals surface area contributed by atoms with E-state index in [4.69, 9.17) is 16.7 Å². The Balaban J connectivity index is 2.75. The number of rotatable bonds is 7. The first-order chi connectivity index (χ1) is 9.33. The van der Waals surface area contributed by atoms with Crippen LogP contribution in [0, 0.1) is 0 Å². The average Bonchev–Trinajstić information content (AvgIpc) is 2.34. The maximum absolute atomic E-state index is 12.2. The van der Waals surface area contributed by atoms with E-state index < -0.39 is 17.4 Å². The first-order valence-corrected chi connectivity index (χ1v) is 7.33. The van der Waals surface area contributed by atoms with Crippen molar-refractivity contribution >= 4 is 29.3 Å². The molecule has 0 saturated carbocycles. The fourth-order valence-corrected chi connectivity index (χ4v) is 2.51. The lowest BCUT2D eigenvalue weighted by atomic mass is 9.94. The maximum atomic E-state index is 12.2. The van der Waals surface area contributed by atoms with Gasteiger partial charge in [-0.25, -0.2) is 0 Å². The van der Waals surface area contributed by atoms with Crippen molar-refractivity contribution in [3.8, 4) is 0 Å². The molecule has 1 aromatic carbocycles. The number of unbranched alkanes of at least 4 members (excludes halogenated alkanes) is 1. The van der Waals surface area contributed by atoms with Crippen molar-refractivity contribution in [2.24, 2.45) is 0 Å². The number of thioether (sulfide) groups is 1. The molecule has 0 heterocycles. The quantitative estimate of drug-likeness (QED) is 0.441. The number of halogens is 4. The molecule has 0 spiro atoms. The summed E-state index contributed by atoms with van der Waals surface area (Å²) >= 11 is 5.32. The van der Waals surface area contributed by atoms with Gasteiger partial charge in [-0.15, -0.1) is 11.6 Å². The number of carboxylic acid groups (broad SMARTS) is 1. The molecule has 0 aliphatic heterocycles. The Bertz CT molecular complexity index is 434. The van der Waals surface area contributed by atoms with Gasteiger partial charge in [0.05, 0.1) is 5.92 Å². The van der Waals surface area contributed by atoms with E-state index in [2.05, 4.69) is 0 Å². The van der Waals surface area contributed by atoms with E-state index in [-0.39, 0.29) is 16.7 Å². The van der Waals surface area contributed by atoms with E-state index >= 15 is 0 Å². The molecule has 0 radical (unpaired) electrons. The molecule has 0 amide bonds. The standard InChI is InChI=1S/C13H14ClF3O2S/c14-8-2-1-3-11(12(18)19)9-4-6-10(7-5-9)20-13(15,16)17/h4-7,11H,1-3,8H2,(H,18,19). The lowest BCUT2D eigenvalue weighted by Gasteiger charge is -2.13. The summed E-state index contributed by atoms with van der Waals surface area (Å²) in [5.41, 5.74) is -3.83. The second-order valence-electron chi connectivity index (χ2n) is 4.19. The van der Waals surface area contributed by atoms with Crippen molar-refractivity contribution in [2.75, 3.05) is 5.88 Å². The van der Waals surface area contributed by atoms with Gasteiger partial charge in [0.15, 0.2) is 0 Å². The lowest BCUT2D eigenvalue weighted by Crippen LogP contribution is -2.11. The zero-order chi connectivity index (χ0) is 15.2. The number of alkyl halides is 4. The lowest BCUT2D eigenvalue weighted by molar-refractivity contribution is -0.139. The number of hydrogen-bond donors (Lipinski definition) is 1. The molecular formula is C13H14ClF3O2S. The van der Waals surface area contributed by atoms with Crippen LogP contribution in [-0.4, -0.2) is 22.5 Å². The van der Waals surface area contributed by atoms with E-state index in [0.29, 0.717) is 30.7 Å². The van der Waals surface area contributed by atoms with Crippen molar-refractivity contribution in [2.45, 2.75) is 35.6 Å². The van der Waals surface area contributed by atoms with Crippen molar-refractivity contribution in [1.29, 1.82) is 0 Å². The highest BCUT2D eigenvalue weighted by molar-refractivity contribution is 8.00. The first-order valence-electron chi connectivity index (χ1n) is 5.98. The van der Waals surface area contributed by atoms with Crippen LogP contribution in [0.15, 0.2) is 29.2 Å². The summed E-state index contributed by atoms with van der Waals surface area (Å²) in [5.74, 6) is -1.22. The molecule has 0 aliphatic rings. The average molecular weight is 327 g/mol. The number of carbonyl (C=O) groups is 1. The Labute approximate surface area is 124 Å². The van der Waals surface area contributed by atoms with Crippen molar-refractivity contribution in [3.63, 3.8) is 0 Å². The molecule has 1 aromatic rings. The van der Waals surface area contributed by atoms with Gasteiger partial charge < -0.3 is 5.11 Å². The highest BCUT2D eigenvalue weighted by Crippen LogP contribution is 2.37. The summed E-state index contributed by atoms with van der Waals surface area (Å²) in [7, 11) is 0. The molecule has 0 fully saturated rings. The molecule has 2 nitrogen and oxygen atoms in total. The van der Waals surface area contributed by atoms with Gasteiger partial charge in [0.25, 0.3) is 0 Å². The molecule has 1 N–H and O–H groups in total. The monoisotopic (exact) mass is 326 g/mol. The number of hydrogen-bond acceptors (Lipinski definition) is 2. The van der Waals surface area contributed by atoms with Gasteiger partial charge in [0.2, 0.25) is 0 Å². The molecule has 20 heavy (non-hydrogen) atoms. The predicted octanol–water partition coefficient (Wildman–Crippen LogP) is 4.88. The van der Waals surface area contributed by atoms with Crippen molar-refractivity contribution < 1.29 is 23.1 Å². The Morgan fingerprint density at radius 1 is 1.25 bits per heavy atom. The fraction of sp³-hybridized carbons (Fsp3) is 0.462. The summed E-state index contributed by atoms with van der Waals surface area (Å²) in [5, 5.41) is 9.16. The molecule has 0 saturated heterocycles. The third-order valence-electron chi connectivity index (χ3n) is 2.69. The Morgan fingerprint density at radius 2 is 1.85 bits per heavy atom. The minimum atomic E-state index is -4.34. The van der Waals surface area contributed by atoms with Gasteiger partial charge >= 0.3 is 11.5 Å². The molecule has 0 aliphatic carbocycles. The molecular weight excluding hydrogens is 313 g/mol. The van der Waals surface area contributed by atoms with Crippen LogP contribution in [-0.2, 0) is 4.79 Å². The van der Waals surface area contributed by atoms with E-state index in [0.717, 1.165) is 0 Å². The van der Waals surface area contributed by atoms with Crippen molar-refractivity contribution in [3.05, 3.63) is 29.8 Å². The molecule has 112 valence electrons. The topological polar surface area (TPSA) is 37.3 Å². The summed E-state index contributed by atoms with van der Waals surface area (Å²) in [6, 6.07) is 5.47. The van der Waals surface area contributed by atoms with Gasteiger partial charge in [-0.05, 0) is 42.3 Å². The Kier molecular flexibility index (Phi) is 6.68.